The lowest BCUT2D eigenvalue weighted by atomic mass is 9.95. The molecule has 192 valence electrons. The van der Waals surface area contributed by atoms with E-state index in [2.05, 4.69) is 25.6 Å². The number of barbiturate groups is 1. The van der Waals surface area contributed by atoms with Gasteiger partial charge in [-0.15, -0.1) is 0 Å². The zero-order valence-electron chi connectivity index (χ0n) is 20.0. The van der Waals surface area contributed by atoms with Crippen LogP contribution in [0.1, 0.15) is 6.42 Å². The fourth-order valence-electron chi connectivity index (χ4n) is 3.68. The molecular weight excluding hydrogens is 494 g/mol. The van der Waals surface area contributed by atoms with Crippen molar-refractivity contribution in [3.05, 3.63) is 73.3 Å². The first kappa shape index (κ1) is 24.6. The number of rotatable bonds is 9. The van der Waals surface area contributed by atoms with Crippen molar-refractivity contribution in [1.29, 1.82) is 0 Å². The van der Waals surface area contributed by atoms with Gasteiger partial charge in [-0.3, -0.25) is 20.2 Å². The fraction of sp³-hybridized carbons (Fsp3) is 0.154. The monoisotopic (exact) mass is 515 g/mol. The lowest BCUT2D eigenvalue weighted by Gasteiger charge is -2.34. The molecule has 2 aromatic heterocycles. The average molecular weight is 515 g/mol. The van der Waals surface area contributed by atoms with Crippen molar-refractivity contribution in [1.82, 2.24) is 25.6 Å². The number of ether oxygens (including phenoxy) is 3. The number of amides is 4. The van der Waals surface area contributed by atoms with Crippen molar-refractivity contribution in [2.45, 2.75) is 12.0 Å². The number of imide groups is 2. The van der Waals surface area contributed by atoms with E-state index >= 15 is 0 Å². The Hall–Kier alpha value is -5.10. The number of nitrogens with one attached hydrogen (secondary N) is 2. The largest absolute Gasteiger partial charge is 0.467 e. The summed E-state index contributed by atoms with van der Waals surface area (Å²) in [5, 5.41) is 4.13. The molecule has 38 heavy (non-hydrogen) atoms. The minimum atomic E-state index is -1.95. The first-order valence-electron chi connectivity index (χ1n) is 11.4. The van der Waals surface area contributed by atoms with Crippen molar-refractivity contribution in [2.75, 3.05) is 13.7 Å². The molecule has 2 aromatic carbocycles. The molecule has 4 amide bonds. The molecule has 12 nitrogen and oxygen atoms in total. The van der Waals surface area contributed by atoms with E-state index in [0.29, 0.717) is 28.9 Å². The van der Waals surface area contributed by atoms with Gasteiger partial charge in [0.25, 0.3) is 17.4 Å². The molecule has 0 unspecified atom stereocenters. The molecule has 0 bridgehead atoms. The Morgan fingerprint density at radius 1 is 0.868 bits per heavy atom. The Kier molecular flexibility index (Phi) is 6.78. The quantitative estimate of drug-likeness (QED) is 0.318. The van der Waals surface area contributed by atoms with E-state index in [4.69, 9.17) is 18.6 Å². The van der Waals surface area contributed by atoms with Crippen molar-refractivity contribution in [3.63, 3.8) is 0 Å². The average Bonchev–Trinajstić information content (AvgIpc) is 3.42. The second-order valence-corrected chi connectivity index (χ2v) is 8.12. The van der Waals surface area contributed by atoms with E-state index < -0.39 is 23.4 Å². The lowest BCUT2D eigenvalue weighted by molar-refractivity contribution is -0.153. The van der Waals surface area contributed by atoms with E-state index in [1.165, 1.54) is 13.4 Å². The number of hydrogen-bond donors (Lipinski definition) is 2. The Morgan fingerprint density at radius 3 is 2.11 bits per heavy atom. The zero-order chi connectivity index (χ0) is 26.5. The van der Waals surface area contributed by atoms with Gasteiger partial charge >= 0.3 is 6.03 Å². The van der Waals surface area contributed by atoms with Crippen LogP contribution < -0.4 is 20.1 Å². The molecule has 0 radical (unpaired) electrons. The maximum atomic E-state index is 12.5. The van der Waals surface area contributed by atoms with Crippen LogP contribution >= 0.6 is 0 Å². The van der Waals surface area contributed by atoms with Gasteiger partial charge in [0.05, 0.1) is 6.61 Å². The molecule has 0 spiro atoms. The maximum Gasteiger partial charge on any atom is 0.328 e. The first-order valence-corrected chi connectivity index (χ1v) is 11.4. The van der Waals surface area contributed by atoms with Crippen molar-refractivity contribution in [2.24, 2.45) is 0 Å². The van der Waals surface area contributed by atoms with Gasteiger partial charge in [0.2, 0.25) is 5.89 Å². The molecule has 1 aliphatic heterocycles. The Bertz CT molecular complexity index is 1430. The fourth-order valence-corrected chi connectivity index (χ4v) is 3.68. The van der Waals surface area contributed by atoms with Crippen LogP contribution in [0.4, 0.5) is 4.79 Å². The van der Waals surface area contributed by atoms with Gasteiger partial charge in [-0.25, -0.2) is 19.7 Å². The topological polar surface area (TPSA) is 155 Å². The molecule has 0 aliphatic carbocycles. The van der Waals surface area contributed by atoms with E-state index in [0.717, 1.165) is 5.56 Å². The third-order valence-corrected chi connectivity index (χ3v) is 5.60. The van der Waals surface area contributed by atoms with Crippen LogP contribution in [0.2, 0.25) is 0 Å². The van der Waals surface area contributed by atoms with Crippen LogP contribution in [-0.4, -0.2) is 52.1 Å². The number of aromatic nitrogens is 3. The minimum Gasteiger partial charge on any atom is -0.467 e. The summed E-state index contributed by atoms with van der Waals surface area (Å²) in [4.78, 5) is 49.3. The smallest absolute Gasteiger partial charge is 0.328 e. The molecule has 0 saturated carbocycles. The molecule has 0 atom stereocenters. The SMILES string of the molecule is COCCC1(Oc2ccc(Oc3ccc(-c4nc(-c5ncccn5)co4)cc3)cc2)C(=O)NC(=O)NC1=O. The number of urea groups is 1. The summed E-state index contributed by atoms with van der Waals surface area (Å²) in [6.07, 6.45) is 4.67. The summed E-state index contributed by atoms with van der Waals surface area (Å²) in [5.41, 5.74) is -0.678. The number of methoxy groups -OCH3 is 1. The molecule has 5 rings (SSSR count). The summed E-state index contributed by atoms with van der Waals surface area (Å²) in [7, 11) is 1.43. The second kappa shape index (κ2) is 10.5. The van der Waals surface area contributed by atoms with Crippen molar-refractivity contribution in [3.8, 4) is 40.2 Å². The first-order chi connectivity index (χ1) is 18.5. The van der Waals surface area contributed by atoms with E-state index in [9.17, 15) is 14.4 Å². The number of carbonyl (C=O) groups excluding carboxylic acids is 3. The van der Waals surface area contributed by atoms with Crippen LogP contribution in [0.15, 0.2) is 77.7 Å². The van der Waals surface area contributed by atoms with Crippen LogP contribution in [0, 0.1) is 0 Å². The zero-order valence-corrected chi connectivity index (χ0v) is 20.0. The van der Waals surface area contributed by atoms with Gasteiger partial charge in [0.15, 0.2) is 5.82 Å². The normalized spacial score (nSPS) is 14.5. The minimum absolute atomic E-state index is 0.0566. The number of benzene rings is 2. The predicted molar refractivity (Wildman–Crippen MR) is 131 cm³/mol. The highest BCUT2D eigenvalue weighted by molar-refractivity contribution is 6.21. The third-order valence-electron chi connectivity index (χ3n) is 5.60. The number of hydrogen-bond acceptors (Lipinski definition) is 10. The molecule has 4 aromatic rings. The van der Waals surface area contributed by atoms with Crippen molar-refractivity contribution >= 4 is 17.8 Å². The number of nitrogens with zero attached hydrogens (tertiary/aromatic N) is 3. The lowest BCUT2D eigenvalue weighted by Crippen LogP contribution is -2.69. The van der Waals surface area contributed by atoms with Crippen LogP contribution in [0.5, 0.6) is 17.2 Å². The summed E-state index contributed by atoms with van der Waals surface area (Å²) in [6, 6.07) is 14.3. The summed E-state index contributed by atoms with van der Waals surface area (Å²) in [6.45, 7) is 0.0566. The maximum absolute atomic E-state index is 12.5. The second-order valence-electron chi connectivity index (χ2n) is 8.12. The third kappa shape index (κ3) is 5.06. The van der Waals surface area contributed by atoms with Gasteiger partial charge in [-0.2, -0.15) is 0 Å². The number of carbonyl (C=O) groups is 3. The van der Waals surface area contributed by atoms with Gasteiger partial charge in [-0.1, -0.05) is 0 Å². The summed E-state index contributed by atoms with van der Waals surface area (Å²) < 4.78 is 22.2. The highest BCUT2D eigenvalue weighted by atomic mass is 16.5. The van der Waals surface area contributed by atoms with E-state index in [1.54, 1.807) is 67.0 Å². The van der Waals surface area contributed by atoms with Crippen molar-refractivity contribution < 1.29 is 33.0 Å². The van der Waals surface area contributed by atoms with Gasteiger partial charge < -0.3 is 18.6 Å². The molecule has 1 fully saturated rings. The summed E-state index contributed by atoms with van der Waals surface area (Å²) in [5.74, 6) is 0.435. The van der Waals surface area contributed by atoms with E-state index in [-0.39, 0.29) is 18.8 Å². The Morgan fingerprint density at radius 2 is 1.47 bits per heavy atom. The Balaban J connectivity index is 1.26. The number of oxazole rings is 1. The molecule has 2 N–H and O–H groups in total. The van der Waals surface area contributed by atoms with Gasteiger partial charge in [0, 0.05) is 31.5 Å². The van der Waals surface area contributed by atoms with Crippen LogP contribution in [0.3, 0.4) is 0 Å². The van der Waals surface area contributed by atoms with Crippen LogP contribution in [-0.2, 0) is 14.3 Å². The molecular formula is C26H21N5O7. The molecule has 12 heteroatoms. The van der Waals surface area contributed by atoms with E-state index in [1.807, 2.05) is 0 Å². The molecule has 1 saturated heterocycles. The highest BCUT2D eigenvalue weighted by Gasteiger charge is 2.52. The van der Waals surface area contributed by atoms with Gasteiger partial charge in [-0.05, 0) is 54.6 Å². The molecule has 1 aliphatic rings. The van der Waals surface area contributed by atoms with Crippen LogP contribution in [0.25, 0.3) is 23.0 Å². The Labute approximate surface area is 216 Å². The van der Waals surface area contributed by atoms with Gasteiger partial charge in [0.1, 0.15) is 29.2 Å². The highest BCUT2D eigenvalue weighted by Crippen LogP contribution is 2.30. The molecule has 3 heterocycles. The predicted octanol–water partition coefficient (Wildman–Crippen LogP) is 3.11. The summed E-state index contributed by atoms with van der Waals surface area (Å²) >= 11 is 0. The standard InChI is InChI=1S/C26H21N5O7/c1-35-14-11-26(23(32)30-25(34)31-24(26)33)38-19-9-7-18(8-10-19)37-17-5-3-16(4-6-17)22-29-20(15-36-22)21-27-12-2-13-28-21/h2-10,12-13,15H,11,14H2,1H3,(H2,30,31,32,33,34).